The third-order valence-electron chi connectivity index (χ3n) is 5.07. The largest absolute Gasteiger partial charge is 0.454 e. The van der Waals surface area contributed by atoms with E-state index >= 15 is 0 Å². The first-order valence-corrected chi connectivity index (χ1v) is 9.43. The topological polar surface area (TPSA) is 105 Å². The molecule has 2 N–H and O–H groups in total. The molecule has 1 saturated carbocycles. The van der Waals surface area contributed by atoms with Crippen molar-refractivity contribution in [1.29, 1.82) is 0 Å². The molecule has 0 aromatic heterocycles. The number of nitrogens with one attached hydrogen (secondary N) is 2. The highest BCUT2D eigenvalue weighted by Gasteiger charge is 2.56. The number of amides is 4. The molecule has 1 aromatic carbocycles. The summed E-state index contributed by atoms with van der Waals surface area (Å²) in [5.74, 6) is -1.66. The van der Waals surface area contributed by atoms with Crippen LogP contribution in [0.5, 0.6) is 0 Å². The molecule has 0 spiro atoms. The number of esters is 1. The first-order chi connectivity index (χ1) is 13.2. The van der Waals surface area contributed by atoms with Crippen LogP contribution >= 0.6 is 11.6 Å². The van der Waals surface area contributed by atoms with E-state index in [1.165, 1.54) is 0 Å². The lowest BCUT2D eigenvalue weighted by Crippen LogP contribution is -2.46. The molecular weight excluding hydrogens is 386 g/mol. The minimum atomic E-state index is -0.957. The van der Waals surface area contributed by atoms with Gasteiger partial charge in [-0.25, -0.2) is 4.79 Å². The monoisotopic (exact) mass is 407 g/mol. The van der Waals surface area contributed by atoms with E-state index in [1.54, 1.807) is 32.0 Å². The van der Waals surface area contributed by atoms with Crippen LogP contribution in [0.4, 0.5) is 4.79 Å². The highest BCUT2D eigenvalue weighted by atomic mass is 35.5. The van der Waals surface area contributed by atoms with Gasteiger partial charge < -0.3 is 15.4 Å². The van der Waals surface area contributed by atoms with Crippen LogP contribution in [0.1, 0.15) is 38.3 Å². The van der Waals surface area contributed by atoms with E-state index < -0.39 is 42.5 Å². The van der Waals surface area contributed by atoms with E-state index in [-0.39, 0.29) is 12.0 Å². The number of hydrogen-bond donors (Lipinski definition) is 2. The Morgan fingerprint density at radius 3 is 2.75 bits per heavy atom. The van der Waals surface area contributed by atoms with Crippen molar-refractivity contribution in [2.24, 2.45) is 5.92 Å². The van der Waals surface area contributed by atoms with Crippen molar-refractivity contribution >= 4 is 35.4 Å². The van der Waals surface area contributed by atoms with E-state index in [1.807, 2.05) is 6.07 Å². The predicted octanol–water partition coefficient (Wildman–Crippen LogP) is 1.78. The third kappa shape index (κ3) is 4.27. The van der Waals surface area contributed by atoms with Gasteiger partial charge in [-0.05, 0) is 50.3 Å². The maximum atomic E-state index is 12.5. The number of rotatable bonds is 7. The maximum absolute atomic E-state index is 12.5. The Morgan fingerprint density at radius 1 is 1.39 bits per heavy atom. The SMILES string of the molecule is C[C@@H](NC(=O)COC(=O)CN1C(=O)N[C@](C)(C2CC2)C1=O)c1cccc(Cl)c1. The number of benzene rings is 1. The van der Waals surface area contributed by atoms with E-state index in [4.69, 9.17) is 16.3 Å². The molecule has 1 aromatic rings. The number of urea groups is 1. The van der Waals surface area contributed by atoms with Crippen LogP contribution in [0.2, 0.25) is 5.02 Å². The van der Waals surface area contributed by atoms with E-state index in [0.29, 0.717) is 5.02 Å². The Morgan fingerprint density at radius 2 is 2.11 bits per heavy atom. The lowest BCUT2D eigenvalue weighted by molar-refractivity contribution is -0.151. The van der Waals surface area contributed by atoms with Crippen LogP contribution in [-0.4, -0.2) is 47.4 Å². The molecule has 8 nitrogen and oxygen atoms in total. The molecule has 0 radical (unpaired) electrons. The lowest BCUT2D eigenvalue weighted by Gasteiger charge is -2.20. The van der Waals surface area contributed by atoms with Crippen molar-refractivity contribution in [2.45, 2.75) is 38.3 Å². The smallest absolute Gasteiger partial charge is 0.326 e. The molecule has 1 aliphatic carbocycles. The maximum Gasteiger partial charge on any atom is 0.326 e. The molecule has 1 saturated heterocycles. The molecule has 9 heteroatoms. The van der Waals surface area contributed by atoms with E-state index in [9.17, 15) is 19.2 Å². The quantitative estimate of drug-likeness (QED) is 0.529. The Labute approximate surface area is 167 Å². The molecule has 0 bridgehead atoms. The van der Waals surface area contributed by atoms with Crippen molar-refractivity contribution in [3.63, 3.8) is 0 Å². The van der Waals surface area contributed by atoms with Crippen LogP contribution in [0.3, 0.4) is 0 Å². The van der Waals surface area contributed by atoms with Crippen molar-refractivity contribution in [3.05, 3.63) is 34.9 Å². The molecular formula is C19H22ClN3O5. The normalized spacial score (nSPS) is 22.6. The van der Waals surface area contributed by atoms with Gasteiger partial charge in [0, 0.05) is 5.02 Å². The second kappa shape index (κ2) is 7.79. The molecule has 0 unspecified atom stereocenters. The zero-order valence-electron chi connectivity index (χ0n) is 15.7. The summed E-state index contributed by atoms with van der Waals surface area (Å²) in [5, 5.41) is 5.89. The molecule has 1 heterocycles. The number of nitrogens with zero attached hydrogens (tertiary/aromatic N) is 1. The molecule has 2 atom stereocenters. The van der Waals surface area contributed by atoms with Gasteiger partial charge in [0.2, 0.25) is 0 Å². The molecule has 28 heavy (non-hydrogen) atoms. The number of carbonyl (C=O) groups excluding carboxylic acids is 4. The molecule has 150 valence electrons. The van der Waals surface area contributed by atoms with Gasteiger partial charge in [0.15, 0.2) is 6.61 Å². The number of halogens is 1. The van der Waals surface area contributed by atoms with E-state index in [2.05, 4.69) is 10.6 Å². The van der Waals surface area contributed by atoms with E-state index in [0.717, 1.165) is 23.3 Å². The van der Waals surface area contributed by atoms with Gasteiger partial charge in [0.1, 0.15) is 12.1 Å². The number of hydrogen-bond acceptors (Lipinski definition) is 5. The number of ether oxygens (including phenoxy) is 1. The minimum Gasteiger partial charge on any atom is -0.454 e. The highest BCUT2D eigenvalue weighted by Crippen LogP contribution is 2.42. The summed E-state index contributed by atoms with van der Waals surface area (Å²) in [6.45, 7) is 2.41. The minimum absolute atomic E-state index is 0.101. The Kier molecular flexibility index (Phi) is 5.60. The first-order valence-electron chi connectivity index (χ1n) is 9.05. The van der Waals surface area contributed by atoms with Crippen molar-refractivity contribution in [1.82, 2.24) is 15.5 Å². The zero-order chi connectivity index (χ0) is 20.5. The van der Waals surface area contributed by atoms with Gasteiger partial charge in [-0.1, -0.05) is 23.7 Å². The van der Waals surface area contributed by atoms with Crippen LogP contribution in [-0.2, 0) is 19.1 Å². The summed E-state index contributed by atoms with van der Waals surface area (Å²) >= 11 is 5.93. The zero-order valence-corrected chi connectivity index (χ0v) is 16.4. The number of carbonyl (C=O) groups is 4. The van der Waals surface area contributed by atoms with Crippen LogP contribution in [0, 0.1) is 5.92 Å². The van der Waals surface area contributed by atoms with Gasteiger partial charge in [0.05, 0.1) is 6.04 Å². The second-order valence-electron chi connectivity index (χ2n) is 7.30. The fourth-order valence-corrected chi connectivity index (χ4v) is 3.46. The van der Waals surface area contributed by atoms with Gasteiger partial charge in [-0.15, -0.1) is 0 Å². The van der Waals surface area contributed by atoms with Gasteiger partial charge in [0.25, 0.3) is 11.8 Å². The standard InChI is InChI=1S/C19H22ClN3O5/c1-11(12-4-3-5-14(20)8-12)21-15(24)10-28-16(25)9-23-17(26)19(2,13-6-7-13)22-18(23)27/h3-5,8,11,13H,6-7,9-10H2,1-2H3,(H,21,24)(H,22,27)/t11-,19-/m1/s1. The summed E-state index contributed by atoms with van der Waals surface area (Å²) in [5.41, 5.74) is -0.146. The average Bonchev–Trinajstić information content (AvgIpc) is 3.46. The fourth-order valence-electron chi connectivity index (χ4n) is 3.26. The number of imide groups is 1. The fraction of sp³-hybridized carbons (Fsp3) is 0.474. The average molecular weight is 408 g/mol. The Balaban J connectivity index is 1.47. The molecule has 2 aliphatic rings. The molecule has 2 fully saturated rings. The van der Waals surface area contributed by atoms with Gasteiger partial charge >= 0.3 is 12.0 Å². The molecule has 1 aliphatic heterocycles. The molecule has 3 rings (SSSR count). The van der Waals surface area contributed by atoms with Crippen molar-refractivity contribution in [3.8, 4) is 0 Å². The van der Waals surface area contributed by atoms with Crippen LogP contribution in [0.15, 0.2) is 24.3 Å². The van der Waals surface area contributed by atoms with Crippen LogP contribution < -0.4 is 10.6 Å². The van der Waals surface area contributed by atoms with Gasteiger partial charge in [-0.3, -0.25) is 19.3 Å². The summed E-state index contributed by atoms with van der Waals surface area (Å²) in [7, 11) is 0. The summed E-state index contributed by atoms with van der Waals surface area (Å²) in [4.78, 5) is 49.3. The van der Waals surface area contributed by atoms with Gasteiger partial charge in [-0.2, -0.15) is 0 Å². The first kappa shape index (κ1) is 20.1. The summed E-state index contributed by atoms with van der Waals surface area (Å²) in [6, 6.07) is 6.11. The predicted molar refractivity (Wildman–Crippen MR) is 100 cm³/mol. The summed E-state index contributed by atoms with van der Waals surface area (Å²) < 4.78 is 4.92. The Bertz CT molecular complexity index is 826. The van der Waals surface area contributed by atoms with Crippen LogP contribution in [0.25, 0.3) is 0 Å². The highest BCUT2D eigenvalue weighted by molar-refractivity contribution is 6.30. The van der Waals surface area contributed by atoms with Crippen molar-refractivity contribution < 1.29 is 23.9 Å². The molecule has 4 amide bonds. The third-order valence-corrected chi connectivity index (χ3v) is 5.31. The Hall–Kier alpha value is -2.61. The second-order valence-corrected chi connectivity index (χ2v) is 7.74. The summed E-state index contributed by atoms with van der Waals surface area (Å²) in [6.07, 6.45) is 1.73. The van der Waals surface area contributed by atoms with Crippen molar-refractivity contribution in [2.75, 3.05) is 13.2 Å². The lowest BCUT2D eigenvalue weighted by atomic mass is 9.96.